The minimum absolute atomic E-state index is 0.133. The number of rotatable bonds is 5. The molecule has 2 aromatic rings. The van der Waals surface area contributed by atoms with E-state index in [4.69, 9.17) is 9.26 Å². The lowest BCUT2D eigenvalue weighted by molar-refractivity contribution is -0.145. The molecule has 2 atom stereocenters. The third-order valence-corrected chi connectivity index (χ3v) is 4.61. The number of hydrogen-bond acceptors (Lipinski definition) is 7. The largest absolute Gasteiger partial charge is 0.469 e. The third kappa shape index (κ3) is 4.42. The molecule has 9 heteroatoms. The SMILES string of the molecule is CN=C(NCCc1noc(-c2ccccn2)n1)N1CC(C)C(C(=O)OC)C1. The quantitative estimate of drug-likeness (QED) is 0.471. The van der Waals surface area contributed by atoms with Gasteiger partial charge in [-0.2, -0.15) is 4.98 Å². The molecule has 0 bridgehead atoms. The number of esters is 1. The van der Waals surface area contributed by atoms with Gasteiger partial charge in [0.05, 0.1) is 13.0 Å². The molecule has 1 saturated heterocycles. The average molecular weight is 372 g/mol. The van der Waals surface area contributed by atoms with Crippen LogP contribution < -0.4 is 5.32 Å². The van der Waals surface area contributed by atoms with Crippen molar-refractivity contribution >= 4 is 11.9 Å². The molecule has 1 aliphatic heterocycles. The highest BCUT2D eigenvalue weighted by Crippen LogP contribution is 2.24. The number of hydrogen-bond donors (Lipinski definition) is 1. The van der Waals surface area contributed by atoms with Gasteiger partial charge in [0.15, 0.2) is 11.8 Å². The van der Waals surface area contributed by atoms with Crippen molar-refractivity contribution in [2.45, 2.75) is 13.3 Å². The number of aromatic nitrogens is 3. The highest BCUT2D eigenvalue weighted by Gasteiger charge is 2.36. The lowest BCUT2D eigenvalue weighted by Crippen LogP contribution is -2.41. The number of methoxy groups -OCH3 is 1. The molecule has 0 amide bonds. The second-order valence-electron chi connectivity index (χ2n) is 6.47. The summed E-state index contributed by atoms with van der Waals surface area (Å²) in [7, 11) is 3.15. The van der Waals surface area contributed by atoms with Crippen LogP contribution in [0.3, 0.4) is 0 Å². The number of ether oxygens (including phenoxy) is 1. The maximum atomic E-state index is 11.9. The van der Waals surface area contributed by atoms with Gasteiger partial charge in [0.25, 0.3) is 5.89 Å². The number of nitrogens with zero attached hydrogens (tertiary/aromatic N) is 5. The normalized spacial score (nSPS) is 20.0. The molecule has 0 aromatic carbocycles. The Labute approximate surface area is 157 Å². The van der Waals surface area contributed by atoms with Crippen LogP contribution in [-0.2, 0) is 16.0 Å². The fourth-order valence-corrected chi connectivity index (χ4v) is 3.17. The van der Waals surface area contributed by atoms with E-state index in [1.54, 1.807) is 13.2 Å². The van der Waals surface area contributed by atoms with Gasteiger partial charge < -0.3 is 19.5 Å². The van der Waals surface area contributed by atoms with Crippen molar-refractivity contribution in [2.24, 2.45) is 16.8 Å². The van der Waals surface area contributed by atoms with E-state index in [-0.39, 0.29) is 17.8 Å². The molecule has 27 heavy (non-hydrogen) atoms. The number of carbonyl (C=O) groups excluding carboxylic acids is 1. The summed E-state index contributed by atoms with van der Waals surface area (Å²) in [6, 6.07) is 5.53. The predicted octanol–water partition coefficient (Wildman–Crippen LogP) is 0.990. The van der Waals surface area contributed by atoms with E-state index in [0.717, 1.165) is 12.5 Å². The third-order valence-electron chi connectivity index (χ3n) is 4.61. The van der Waals surface area contributed by atoms with E-state index >= 15 is 0 Å². The molecule has 9 nitrogen and oxygen atoms in total. The first kappa shape index (κ1) is 18.8. The van der Waals surface area contributed by atoms with Crippen LogP contribution in [0.15, 0.2) is 33.9 Å². The summed E-state index contributed by atoms with van der Waals surface area (Å²) in [6.07, 6.45) is 2.27. The van der Waals surface area contributed by atoms with E-state index in [9.17, 15) is 4.79 Å². The van der Waals surface area contributed by atoms with Crippen LogP contribution in [0.2, 0.25) is 0 Å². The second-order valence-corrected chi connectivity index (χ2v) is 6.47. The molecular formula is C18H24N6O3. The maximum Gasteiger partial charge on any atom is 0.310 e. The average Bonchev–Trinajstić information content (AvgIpc) is 3.32. The lowest BCUT2D eigenvalue weighted by Gasteiger charge is -2.21. The molecule has 0 aliphatic carbocycles. The van der Waals surface area contributed by atoms with Crippen molar-refractivity contribution in [3.05, 3.63) is 30.2 Å². The number of guanidine groups is 1. The molecule has 3 heterocycles. The number of aliphatic imine (C=N–C) groups is 1. The van der Waals surface area contributed by atoms with Gasteiger partial charge in [0.1, 0.15) is 5.69 Å². The van der Waals surface area contributed by atoms with E-state index in [0.29, 0.717) is 36.9 Å². The van der Waals surface area contributed by atoms with E-state index in [1.807, 2.05) is 25.1 Å². The van der Waals surface area contributed by atoms with Gasteiger partial charge in [-0.3, -0.25) is 14.8 Å². The zero-order valence-corrected chi connectivity index (χ0v) is 15.8. The molecule has 1 aliphatic rings. The molecule has 3 rings (SSSR count). The Kier molecular flexibility index (Phi) is 6.00. The van der Waals surface area contributed by atoms with Crippen LogP contribution >= 0.6 is 0 Å². The summed E-state index contributed by atoms with van der Waals surface area (Å²) in [6.45, 7) is 4.00. The fourth-order valence-electron chi connectivity index (χ4n) is 3.17. The molecule has 144 valence electrons. The van der Waals surface area contributed by atoms with Crippen LogP contribution in [0.5, 0.6) is 0 Å². The molecule has 0 spiro atoms. The van der Waals surface area contributed by atoms with Crippen LogP contribution in [0.25, 0.3) is 11.6 Å². The van der Waals surface area contributed by atoms with Crippen molar-refractivity contribution in [3.63, 3.8) is 0 Å². The minimum Gasteiger partial charge on any atom is -0.469 e. The van der Waals surface area contributed by atoms with Gasteiger partial charge >= 0.3 is 5.97 Å². The monoisotopic (exact) mass is 372 g/mol. The standard InChI is InChI=1S/C18H24N6O3/c1-12-10-24(11-13(12)17(25)26-3)18(19-2)21-9-7-15-22-16(27-23-15)14-6-4-5-8-20-14/h4-6,8,12-13H,7,9-11H2,1-3H3,(H,19,21). The zero-order chi connectivity index (χ0) is 19.2. The van der Waals surface area contributed by atoms with Crippen molar-refractivity contribution in [2.75, 3.05) is 33.8 Å². The van der Waals surface area contributed by atoms with E-state index in [1.165, 1.54) is 7.11 Å². The fraction of sp³-hybridized carbons (Fsp3) is 0.500. The summed E-state index contributed by atoms with van der Waals surface area (Å²) in [5.41, 5.74) is 0.653. The highest BCUT2D eigenvalue weighted by atomic mass is 16.5. The van der Waals surface area contributed by atoms with Gasteiger partial charge in [-0.1, -0.05) is 18.1 Å². The Morgan fingerprint density at radius 3 is 3.00 bits per heavy atom. The first-order chi connectivity index (χ1) is 13.1. The Bertz CT molecular complexity index is 791. The van der Waals surface area contributed by atoms with Gasteiger partial charge in [-0.05, 0) is 18.1 Å². The topological polar surface area (TPSA) is 106 Å². The van der Waals surface area contributed by atoms with E-state index in [2.05, 4.69) is 30.3 Å². The second kappa shape index (κ2) is 8.61. The van der Waals surface area contributed by atoms with Crippen LogP contribution in [0.1, 0.15) is 12.7 Å². The van der Waals surface area contributed by atoms with Crippen LogP contribution in [0, 0.1) is 11.8 Å². The lowest BCUT2D eigenvalue weighted by atomic mass is 9.99. The molecule has 2 aromatic heterocycles. The zero-order valence-electron chi connectivity index (χ0n) is 15.8. The molecule has 0 radical (unpaired) electrons. The minimum atomic E-state index is -0.172. The molecule has 1 N–H and O–H groups in total. The summed E-state index contributed by atoms with van der Waals surface area (Å²) in [5.74, 6) is 1.67. The van der Waals surface area contributed by atoms with E-state index < -0.39 is 0 Å². The molecule has 0 saturated carbocycles. The van der Waals surface area contributed by atoms with Gasteiger partial charge in [0, 0.05) is 39.3 Å². The summed E-state index contributed by atoms with van der Waals surface area (Å²) in [5, 5.41) is 7.28. The summed E-state index contributed by atoms with van der Waals surface area (Å²) >= 11 is 0. The Hall–Kier alpha value is -2.97. The molecule has 2 unspecified atom stereocenters. The van der Waals surface area contributed by atoms with Gasteiger partial charge in [-0.25, -0.2) is 0 Å². The predicted molar refractivity (Wildman–Crippen MR) is 98.8 cm³/mol. The first-order valence-electron chi connectivity index (χ1n) is 8.89. The number of likely N-dealkylation sites (tertiary alicyclic amines) is 1. The van der Waals surface area contributed by atoms with Gasteiger partial charge in [-0.15, -0.1) is 0 Å². The number of pyridine rings is 1. The first-order valence-corrected chi connectivity index (χ1v) is 8.89. The van der Waals surface area contributed by atoms with Crippen molar-refractivity contribution in [1.29, 1.82) is 0 Å². The van der Waals surface area contributed by atoms with Crippen molar-refractivity contribution in [3.8, 4) is 11.6 Å². The Morgan fingerprint density at radius 1 is 1.44 bits per heavy atom. The van der Waals surface area contributed by atoms with Crippen molar-refractivity contribution < 1.29 is 14.1 Å². The van der Waals surface area contributed by atoms with Gasteiger partial charge in [0.2, 0.25) is 0 Å². The number of carbonyl (C=O) groups is 1. The summed E-state index contributed by atoms with van der Waals surface area (Å²) in [4.78, 5) is 26.8. The Morgan fingerprint density at radius 2 is 2.30 bits per heavy atom. The highest BCUT2D eigenvalue weighted by molar-refractivity contribution is 5.82. The van der Waals surface area contributed by atoms with Crippen LogP contribution in [0.4, 0.5) is 0 Å². The number of nitrogens with one attached hydrogen (secondary N) is 1. The smallest absolute Gasteiger partial charge is 0.310 e. The molecular weight excluding hydrogens is 348 g/mol. The molecule has 1 fully saturated rings. The van der Waals surface area contributed by atoms with Crippen LogP contribution in [-0.4, -0.2) is 65.7 Å². The maximum absolute atomic E-state index is 11.9. The van der Waals surface area contributed by atoms with Crippen molar-refractivity contribution in [1.82, 2.24) is 25.3 Å². The Balaban J connectivity index is 1.52. The summed E-state index contributed by atoms with van der Waals surface area (Å²) < 4.78 is 10.1.